The number of aromatic nitrogens is 1. The summed E-state index contributed by atoms with van der Waals surface area (Å²) in [5.74, 6) is 1.26. The van der Waals surface area contributed by atoms with Gasteiger partial charge in [0.15, 0.2) is 0 Å². The first-order valence-electron chi connectivity index (χ1n) is 8.07. The molecule has 4 heteroatoms. The lowest BCUT2D eigenvalue weighted by molar-refractivity contribution is 0.101. The summed E-state index contributed by atoms with van der Waals surface area (Å²) in [6.45, 7) is 1.68. The number of fused-ring (bicyclic) bond motifs is 1. The molecule has 0 aliphatic heterocycles. The van der Waals surface area contributed by atoms with Gasteiger partial charge in [0.05, 0.1) is 18.7 Å². The summed E-state index contributed by atoms with van der Waals surface area (Å²) in [5.41, 5.74) is 2.04. The number of nitrogens with zero attached hydrogens (tertiary/aromatic N) is 1. The fourth-order valence-electron chi connectivity index (χ4n) is 3.30. The Bertz CT molecular complexity index is 630. The van der Waals surface area contributed by atoms with Gasteiger partial charge in [-0.3, -0.25) is 0 Å². The number of para-hydroxylation sites is 1. The van der Waals surface area contributed by atoms with Crippen molar-refractivity contribution in [3.8, 4) is 5.88 Å². The number of ether oxygens (including phenoxy) is 1. The van der Waals surface area contributed by atoms with Crippen molar-refractivity contribution >= 4 is 10.9 Å². The Morgan fingerprint density at radius 3 is 3.00 bits per heavy atom. The smallest absolute Gasteiger partial charge is 0.218 e. The topological polar surface area (TPSA) is 54.4 Å². The highest BCUT2D eigenvalue weighted by Gasteiger charge is 2.19. The maximum absolute atomic E-state index is 9.74. The van der Waals surface area contributed by atoms with Crippen LogP contribution in [-0.2, 0) is 6.54 Å². The van der Waals surface area contributed by atoms with Gasteiger partial charge in [-0.15, -0.1) is 0 Å². The third-order valence-corrected chi connectivity index (χ3v) is 4.46. The van der Waals surface area contributed by atoms with Crippen LogP contribution in [0.25, 0.3) is 10.9 Å². The summed E-state index contributed by atoms with van der Waals surface area (Å²) in [6, 6.07) is 10.2. The maximum Gasteiger partial charge on any atom is 0.218 e. The zero-order valence-electron chi connectivity index (χ0n) is 13.1. The van der Waals surface area contributed by atoms with Crippen LogP contribution in [0.15, 0.2) is 30.3 Å². The third kappa shape index (κ3) is 3.57. The number of aliphatic hydroxyl groups is 1. The van der Waals surface area contributed by atoms with Gasteiger partial charge >= 0.3 is 0 Å². The van der Waals surface area contributed by atoms with E-state index >= 15 is 0 Å². The molecule has 1 heterocycles. The molecular weight excluding hydrogens is 276 g/mol. The summed E-state index contributed by atoms with van der Waals surface area (Å²) in [5, 5.41) is 14.4. The lowest BCUT2D eigenvalue weighted by atomic mass is 9.87. The molecule has 0 saturated heterocycles. The van der Waals surface area contributed by atoms with E-state index in [1.54, 1.807) is 7.11 Å². The molecule has 2 atom stereocenters. The van der Waals surface area contributed by atoms with Gasteiger partial charge in [-0.05, 0) is 43.9 Å². The fourth-order valence-corrected chi connectivity index (χ4v) is 3.30. The Morgan fingerprint density at radius 1 is 1.32 bits per heavy atom. The molecule has 1 aromatic heterocycles. The first-order valence-corrected chi connectivity index (χ1v) is 8.07. The first kappa shape index (κ1) is 15.3. The van der Waals surface area contributed by atoms with Gasteiger partial charge in [0.2, 0.25) is 5.88 Å². The number of methoxy groups -OCH3 is 1. The fraction of sp³-hybridized carbons (Fsp3) is 0.500. The second-order valence-electron chi connectivity index (χ2n) is 6.17. The standard InChI is InChI=1S/C18H24N2O2/c1-22-18-15(10-14-6-2-3-8-17(14)20-18)12-19-11-13-5-4-7-16(21)9-13/h2-3,6,8,10,13,16,19,21H,4-5,7,9,11-12H2,1H3. The highest BCUT2D eigenvalue weighted by Crippen LogP contribution is 2.25. The minimum absolute atomic E-state index is 0.113. The molecule has 2 unspecified atom stereocenters. The molecule has 3 rings (SSSR count). The van der Waals surface area contributed by atoms with E-state index in [0.717, 1.165) is 48.8 Å². The van der Waals surface area contributed by atoms with E-state index in [0.29, 0.717) is 11.8 Å². The van der Waals surface area contributed by atoms with Gasteiger partial charge in [0.1, 0.15) is 0 Å². The van der Waals surface area contributed by atoms with Gasteiger partial charge in [0.25, 0.3) is 0 Å². The van der Waals surface area contributed by atoms with Crippen molar-refractivity contribution in [3.63, 3.8) is 0 Å². The van der Waals surface area contributed by atoms with Crippen LogP contribution in [0.2, 0.25) is 0 Å². The molecule has 0 bridgehead atoms. The first-order chi connectivity index (χ1) is 10.8. The number of hydrogen-bond acceptors (Lipinski definition) is 4. The quantitative estimate of drug-likeness (QED) is 0.891. The van der Waals surface area contributed by atoms with E-state index in [4.69, 9.17) is 4.74 Å². The summed E-state index contributed by atoms with van der Waals surface area (Å²) in [4.78, 5) is 4.57. The van der Waals surface area contributed by atoms with Crippen molar-refractivity contribution in [1.29, 1.82) is 0 Å². The molecule has 1 saturated carbocycles. The number of hydrogen-bond donors (Lipinski definition) is 2. The molecule has 2 N–H and O–H groups in total. The lowest BCUT2D eigenvalue weighted by Gasteiger charge is -2.26. The average molecular weight is 300 g/mol. The number of pyridine rings is 1. The number of nitrogens with one attached hydrogen (secondary N) is 1. The zero-order chi connectivity index (χ0) is 15.4. The normalized spacial score (nSPS) is 21.9. The molecule has 118 valence electrons. The Kier molecular flexibility index (Phi) is 4.90. The molecule has 0 spiro atoms. The van der Waals surface area contributed by atoms with E-state index in [-0.39, 0.29) is 6.10 Å². The monoisotopic (exact) mass is 300 g/mol. The van der Waals surface area contributed by atoms with Crippen LogP contribution in [0.4, 0.5) is 0 Å². The van der Waals surface area contributed by atoms with Crippen molar-refractivity contribution in [2.75, 3.05) is 13.7 Å². The highest BCUT2D eigenvalue weighted by molar-refractivity contribution is 5.80. The molecule has 1 aliphatic carbocycles. The Morgan fingerprint density at radius 2 is 2.18 bits per heavy atom. The molecule has 1 aliphatic rings. The van der Waals surface area contributed by atoms with Crippen molar-refractivity contribution < 1.29 is 9.84 Å². The van der Waals surface area contributed by atoms with E-state index in [1.807, 2.05) is 18.2 Å². The summed E-state index contributed by atoms with van der Waals surface area (Å²) in [6.07, 6.45) is 4.10. The minimum Gasteiger partial charge on any atom is -0.481 e. The maximum atomic E-state index is 9.74. The second-order valence-corrected chi connectivity index (χ2v) is 6.17. The van der Waals surface area contributed by atoms with Crippen LogP contribution in [0, 0.1) is 5.92 Å². The zero-order valence-corrected chi connectivity index (χ0v) is 13.1. The van der Waals surface area contributed by atoms with E-state index < -0.39 is 0 Å². The van der Waals surface area contributed by atoms with Crippen LogP contribution in [0.5, 0.6) is 5.88 Å². The van der Waals surface area contributed by atoms with Gasteiger partial charge in [-0.2, -0.15) is 0 Å². The molecule has 1 aromatic carbocycles. The number of aliphatic hydroxyl groups excluding tert-OH is 1. The van der Waals surface area contributed by atoms with Crippen LogP contribution in [-0.4, -0.2) is 29.8 Å². The van der Waals surface area contributed by atoms with Crippen molar-refractivity contribution in [3.05, 3.63) is 35.9 Å². The van der Waals surface area contributed by atoms with Crippen LogP contribution < -0.4 is 10.1 Å². The van der Waals surface area contributed by atoms with E-state index in [9.17, 15) is 5.11 Å². The third-order valence-electron chi connectivity index (χ3n) is 4.46. The highest BCUT2D eigenvalue weighted by atomic mass is 16.5. The molecular formula is C18H24N2O2. The molecule has 1 fully saturated rings. The van der Waals surface area contributed by atoms with Crippen molar-refractivity contribution in [2.45, 2.75) is 38.3 Å². The predicted octanol–water partition coefficient (Wildman–Crippen LogP) is 2.88. The molecule has 4 nitrogen and oxygen atoms in total. The molecule has 0 radical (unpaired) electrons. The number of rotatable bonds is 5. The van der Waals surface area contributed by atoms with Crippen molar-refractivity contribution in [2.24, 2.45) is 5.92 Å². The average Bonchev–Trinajstić information content (AvgIpc) is 2.54. The van der Waals surface area contributed by atoms with Gasteiger partial charge < -0.3 is 15.2 Å². The van der Waals surface area contributed by atoms with Crippen LogP contribution in [0.3, 0.4) is 0 Å². The lowest BCUT2D eigenvalue weighted by Crippen LogP contribution is -2.29. The Balaban J connectivity index is 1.65. The second kappa shape index (κ2) is 7.07. The van der Waals surface area contributed by atoms with Crippen molar-refractivity contribution in [1.82, 2.24) is 10.3 Å². The molecule has 2 aromatic rings. The summed E-state index contributed by atoms with van der Waals surface area (Å²) < 4.78 is 5.42. The predicted molar refractivity (Wildman–Crippen MR) is 88.0 cm³/mol. The molecule has 22 heavy (non-hydrogen) atoms. The van der Waals surface area contributed by atoms with E-state index in [2.05, 4.69) is 22.4 Å². The summed E-state index contributed by atoms with van der Waals surface area (Å²) in [7, 11) is 1.66. The van der Waals surface area contributed by atoms with Crippen LogP contribution in [0.1, 0.15) is 31.2 Å². The largest absolute Gasteiger partial charge is 0.481 e. The SMILES string of the molecule is COc1nc2ccccc2cc1CNCC1CCCC(O)C1. The van der Waals surface area contributed by atoms with Gasteiger partial charge in [0, 0.05) is 17.5 Å². The van der Waals surface area contributed by atoms with Gasteiger partial charge in [-0.1, -0.05) is 24.6 Å². The Labute approximate surface area is 131 Å². The van der Waals surface area contributed by atoms with Crippen LogP contribution >= 0.6 is 0 Å². The molecule has 0 amide bonds. The number of benzene rings is 1. The summed E-state index contributed by atoms with van der Waals surface area (Å²) >= 11 is 0. The minimum atomic E-state index is -0.113. The Hall–Kier alpha value is -1.65. The van der Waals surface area contributed by atoms with E-state index in [1.165, 1.54) is 6.42 Å². The van der Waals surface area contributed by atoms with Gasteiger partial charge in [-0.25, -0.2) is 4.98 Å².